The van der Waals surface area contributed by atoms with Crippen LogP contribution in [0.4, 0.5) is 20.7 Å². The molecule has 0 spiro atoms. The van der Waals surface area contributed by atoms with Gasteiger partial charge in [0.2, 0.25) is 17.7 Å². The topological polar surface area (TPSA) is 95.9 Å². The zero-order valence-corrected chi connectivity index (χ0v) is 18.0. The molecule has 0 aromatic carbocycles. The van der Waals surface area contributed by atoms with Gasteiger partial charge in [0.15, 0.2) is 0 Å². The summed E-state index contributed by atoms with van der Waals surface area (Å²) >= 11 is 0. The molecule has 4 rings (SSSR count). The maximum Gasteiger partial charge on any atom is 0.416 e. The van der Waals surface area contributed by atoms with Crippen molar-refractivity contribution in [2.75, 3.05) is 36.0 Å². The normalized spacial score (nSPS) is 18.7. The lowest BCUT2D eigenvalue weighted by molar-refractivity contribution is -0.132. The average Bonchev–Trinajstić information content (AvgIpc) is 2.74. The van der Waals surface area contributed by atoms with Crippen LogP contribution in [0, 0.1) is 11.2 Å². The van der Waals surface area contributed by atoms with E-state index in [1.165, 1.54) is 18.3 Å². The molecule has 9 nitrogen and oxygen atoms in total. The molecule has 2 fully saturated rings. The third-order valence-corrected chi connectivity index (χ3v) is 5.50. The molecule has 2 aromatic rings. The van der Waals surface area contributed by atoms with Gasteiger partial charge in [-0.1, -0.05) is 13.8 Å². The van der Waals surface area contributed by atoms with Crippen molar-refractivity contribution in [2.45, 2.75) is 26.7 Å². The van der Waals surface area contributed by atoms with Crippen LogP contribution in [-0.2, 0) is 9.59 Å². The number of amides is 3. The molecule has 2 aliphatic heterocycles. The van der Waals surface area contributed by atoms with E-state index in [1.54, 1.807) is 17.0 Å². The minimum atomic E-state index is -0.538. The van der Waals surface area contributed by atoms with Gasteiger partial charge in [0.25, 0.3) is 0 Å². The van der Waals surface area contributed by atoms with Gasteiger partial charge in [-0.3, -0.25) is 9.59 Å². The Labute approximate surface area is 184 Å². The summed E-state index contributed by atoms with van der Waals surface area (Å²) in [6, 6.07) is 5.96. The van der Waals surface area contributed by atoms with Crippen LogP contribution < -0.4 is 14.5 Å². The summed E-state index contributed by atoms with van der Waals surface area (Å²) in [6.45, 7) is 5.68. The first kappa shape index (κ1) is 21.7. The number of hydrogen-bond donors (Lipinski definition) is 0. The number of aromatic nitrogens is 2. The molecule has 3 amide bonds. The van der Waals surface area contributed by atoms with E-state index in [9.17, 15) is 18.8 Å². The zero-order valence-electron chi connectivity index (χ0n) is 18.0. The third kappa shape index (κ3) is 4.68. The van der Waals surface area contributed by atoms with Gasteiger partial charge in [-0.05, 0) is 23.6 Å². The number of carbonyl (C=O) groups excluding carboxylic acids is 3. The SMILES string of the molecule is CC1(C)CC(=O)N(c2ccc(OC(=O)N3CCN(c4ccc(F)cn4)CC3)nc2)C(=O)C1. The molecule has 10 heteroatoms. The van der Waals surface area contributed by atoms with Gasteiger partial charge < -0.3 is 14.5 Å². The number of rotatable bonds is 3. The predicted molar refractivity (Wildman–Crippen MR) is 114 cm³/mol. The van der Waals surface area contributed by atoms with E-state index in [1.807, 2.05) is 18.7 Å². The van der Waals surface area contributed by atoms with Crippen LogP contribution in [0.15, 0.2) is 36.7 Å². The monoisotopic (exact) mass is 441 g/mol. The van der Waals surface area contributed by atoms with Crippen molar-refractivity contribution >= 4 is 29.4 Å². The van der Waals surface area contributed by atoms with Gasteiger partial charge in [-0.25, -0.2) is 24.1 Å². The largest absolute Gasteiger partial charge is 0.416 e. The van der Waals surface area contributed by atoms with Gasteiger partial charge >= 0.3 is 6.09 Å². The molecular formula is C22H24FN5O4. The number of piperazine rings is 1. The average molecular weight is 441 g/mol. The van der Waals surface area contributed by atoms with Crippen molar-refractivity contribution in [3.05, 3.63) is 42.5 Å². The highest BCUT2D eigenvalue weighted by Gasteiger charge is 2.38. The highest BCUT2D eigenvalue weighted by atomic mass is 19.1. The van der Waals surface area contributed by atoms with Crippen molar-refractivity contribution < 1.29 is 23.5 Å². The molecule has 0 radical (unpaired) electrons. The Morgan fingerprint density at radius 2 is 1.66 bits per heavy atom. The highest BCUT2D eigenvalue weighted by molar-refractivity contribution is 6.16. The van der Waals surface area contributed by atoms with E-state index in [2.05, 4.69) is 9.97 Å². The van der Waals surface area contributed by atoms with E-state index >= 15 is 0 Å². The van der Waals surface area contributed by atoms with Crippen molar-refractivity contribution in [3.63, 3.8) is 0 Å². The lowest BCUT2D eigenvalue weighted by atomic mass is 9.81. The van der Waals surface area contributed by atoms with Gasteiger partial charge in [-0.2, -0.15) is 0 Å². The van der Waals surface area contributed by atoms with E-state index in [-0.39, 0.29) is 36.0 Å². The molecule has 4 heterocycles. The molecule has 0 bridgehead atoms. The molecule has 0 aliphatic carbocycles. The van der Waals surface area contributed by atoms with E-state index in [0.29, 0.717) is 37.7 Å². The third-order valence-electron chi connectivity index (χ3n) is 5.50. The van der Waals surface area contributed by atoms with Gasteiger partial charge in [0, 0.05) is 45.1 Å². The molecule has 2 saturated heterocycles. The van der Waals surface area contributed by atoms with E-state index in [4.69, 9.17) is 4.74 Å². The Kier molecular flexibility index (Phi) is 5.77. The molecule has 2 aliphatic rings. The van der Waals surface area contributed by atoms with E-state index < -0.39 is 11.9 Å². The lowest BCUT2D eigenvalue weighted by Crippen LogP contribution is -2.50. The predicted octanol–water partition coefficient (Wildman–Crippen LogP) is 2.62. The second kappa shape index (κ2) is 8.52. The maximum absolute atomic E-state index is 13.0. The number of ether oxygens (including phenoxy) is 1. The Hall–Kier alpha value is -3.56. The molecule has 0 unspecified atom stereocenters. The second-order valence-electron chi connectivity index (χ2n) is 8.67. The summed E-state index contributed by atoms with van der Waals surface area (Å²) < 4.78 is 18.4. The van der Waals surface area contributed by atoms with Crippen LogP contribution in [0.1, 0.15) is 26.7 Å². The summed E-state index contributed by atoms with van der Waals surface area (Å²) in [5.74, 6) is -0.203. The number of pyridine rings is 2. The number of anilines is 2. The second-order valence-corrected chi connectivity index (χ2v) is 8.67. The summed E-state index contributed by atoms with van der Waals surface area (Å²) in [5, 5.41) is 0. The molecule has 168 valence electrons. The minimum Gasteiger partial charge on any atom is -0.391 e. The molecule has 0 atom stereocenters. The minimum absolute atomic E-state index is 0.0821. The fourth-order valence-corrected chi connectivity index (χ4v) is 3.86. The van der Waals surface area contributed by atoms with Gasteiger partial charge in [0.1, 0.15) is 11.6 Å². The fourth-order valence-electron chi connectivity index (χ4n) is 3.86. The molecule has 0 N–H and O–H groups in total. The number of carbonyl (C=O) groups is 3. The van der Waals surface area contributed by atoms with Crippen LogP contribution in [0.3, 0.4) is 0 Å². The van der Waals surface area contributed by atoms with Crippen LogP contribution in [-0.4, -0.2) is 59.0 Å². The Bertz CT molecular complexity index is 998. The van der Waals surface area contributed by atoms with Crippen LogP contribution in [0.5, 0.6) is 5.88 Å². The number of halogens is 1. The van der Waals surface area contributed by atoms with Gasteiger partial charge in [0.05, 0.1) is 18.1 Å². The summed E-state index contributed by atoms with van der Waals surface area (Å²) in [4.78, 5) is 50.1. The fraction of sp³-hybridized carbons (Fsp3) is 0.409. The number of hydrogen-bond acceptors (Lipinski definition) is 7. The van der Waals surface area contributed by atoms with Crippen LogP contribution in [0.25, 0.3) is 0 Å². The van der Waals surface area contributed by atoms with Crippen LogP contribution in [0.2, 0.25) is 0 Å². The van der Waals surface area contributed by atoms with Crippen molar-refractivity contribution in [2.24, 2.45) is 5.41 Å². The number of piperidine rings is 1. The zero-order chi connectivity index (χ0) is 22.9. The van der Waals surface area contributed by atoms with Gasteiger partial charge in [-0.15, -0.1) is 0 Å². The molecule has 32 heavy (non-hydrogen) atoms. The van der Waals surface area contributed by atoms with Crippen molar-refractivity contribution in [3.8, 4) is 5.88 Å². The van der Waals surface area contributed by atoms with Crippen molar-refractivity contribution in [1.29, 1.82) is 0 Å². The molecule has 2 aromatic heterocycles. The number of imide groups is 1. The maximum atomic E-state index is 13.0. The lowest BCUT2D eigenvalue weighted by Gasteiger charge is -2.35. The first-order valence-electron chi connectivity index (χ1n) is 10.4. The number of nitrogens with zero attached hydrogens (tertiary/aromatic N) is 5. The Morgan fingerprint density at radius 1 is 0.969 bits per heavy atom. The summed E-state index contributed by atoms with van der Waals surface area (Å²) in [5.41, 5.74) is 0.000346. The van der Waals surface area contributed by atoms with E-state index in [0.717, 1.165) is 11.1 Å². The summed E-state index contributed by atoms with van der Waals surface area (Å²) in [7, 11) is 0. The Balaban J connectivity index is 1.33. The summed E-state index contributed by atoms with van der Waals surface area (Å²) in [6.07, 6.45) is 2.53. The Morgan fingerprint density at radius 3 is 2.22 bits per heavy atom. The first-order chi connectivity index (χ1) is 15.2. The quantitative estimate of drug-likeness (QED) is 0.676. The van der Waals surface area contributed by atoms with Crippen molar-refractivity contribution in [1.82, 2.24) is 14.9 Å². The standard InChI is InChI=1S/C22H24FN5O4/c1-22(2)11-19(29)28(20(30)12-22)16-4-6-18(25-14-16)32-21(31)27-9-7-26(8-10-27)17-5-3-15(23)13-24-17/h3-6,13-14H,7-12H2,1-2H3. The first-order valence-corrected chi connectivity index (χ1v) is 10.4. The highest BCUT2D eigenvalue weighted by Crippen LogP contribution is 2.34. The smallest absolute Gasteiger partial charge is 0.391 e. The molecular weight excluding hydrogens is 417 g/mol. The molecule has 0 saturated carbocycles. The van der Waals surface area contributed by atoms with Crippen LogP contribution >= 0.6 is 0 Å².